The molecule has 0 amide bonds. The Morgan fingerprint density at radius 3 is 1.70 bits per heavy atom. The summed E-state index contributed by atoms with van der Waals surface area (Å²) in [7, 11) is 0. The topological polar surface area (TPSA) is 40.5 Å². The van der Waals surface area contributed by atoms with Gasteiger partial charge >= 0.3 is 0 Å². The predicted octanol–water partition coefficient (Wildman–Crippen LogP) is 6.76. The molecule has 4 rings (SSSR count). The van der Waals surface area contributed by atoms with E-state index >= 15 is 0 Å². The number of carbonyl (C=O) groups excluding carboxylic acids is 1. The number of rotatable bonds is 6. The number of hydrogen-bond acceptors (Lipinski definition) is 3. The van der Waals surface area contributed by atoms with E-state index in [1.165, 1.54) is 12.1 Å². The number of para-hydroxylation sites is 3. The molecule has 0 aliphatic heterocycles. The van der Waals surface area contributed by atoms with Crippen LogP contribution in [-0.2, 0) is 0 Å². The molecule has 30 heavy (non-hydrogen) atoms. The van der Waals surface area contributed by atoms with E-state index < -0.39 is 0 Å². The monoisotopic (exact) mass is 391 g/mol. The fourth-order valence-electron chi connectivity index (χ4n) is 3.28. The number of benzene rings is 4. The highest BCUT2D eigenvalue weighted by atomic mass is 16.3. The molecule has 4 aromatic carbocycles. The lowest BCUT2D eigenvalue weighted by Gasteiger charge is -2.25. The van der Waals surface area contributed by atoms with Gasteiger partial charge in [0.15, 0.2) is 5.78 Å². The summed E-state index contributed by atoms with van der Waals surface area (Å²) in [6, 6.07) is 35.0. The van der Waals surface area contributed by atoms with Crippen molar-refractivity contribution >= 4 is 28.9 Å². The van der Waals surface area contributed by atoms with Crippen molar-refractivity contribution in [3.63, 3.8) is 0 Å². The molecule has 0 aromatic heterocycles. The van der Waals surface area contributed by atoms with Crippen molar-refractivity contribution in [3.8, 4) is 5.75 Å². The number of phenolic OH excluding ortho intramolecular Hbond substituents is 1. The smallest absolute Gasteiger partial charge is 0.189 e. The summed E-state index contributed by atoms with van der Waals surface area (Å²) < 4.78 is 0. The Hall–Kier alpha value is -4.11. The minimum atomic E-state index is -0.229. The van der Waals surface area contributed by atoms with Gasteiger partial charge in [-0.15, -0.1) is 0 Å². The van der Waals surface area contributed by atoms with Crippen molar-refractivity contribution < 1.29 is 9.90 Å². The van der Waals surface area contributed by atoms with E-state index in [2.05, 4.69) is 29.2 Å². The molecule has 0 radical (unpaired) electrons. The summed E-state index contributed by atoms with van der Waals surface area (Å²) in [6.07, 6.45) is 3.24. The first-order chi connectivity index (χ1) is 14.7. The number of nitrogens with zero attached hydrogens (tertiary/aromatic N) is 1. The van der Waals surface area contributed by atoms with E-state index in [9.17, 15) is 9.90 Å². The third-order valence-corrected chi connectivity index (χ3v) is 4.78. The average Bonchev–Trinajstić information content (AvgIpc) is 2.80. The Labute approximate surface area is 176 Å². The lowest BCUT2D eigenvalue weighted by atomic mass is 10.1. The standard InChI is InChI=1S/C27H21NO2/c29-26-14-8-7-13-25(26)27(30)20-17-21-15-18-24(19-16-21)28(22-9-3-1-4-10-22)23-11-5-2-6-12-23/h1-20,29H. The zero-order valence-electron chi connectivity index (χ0n) is 16.3. The summed E-state index contributed by atoms with van der Waals surface area (Å²) in [5, 5.41) is 9.83. The van der Waals surface area contributed by atoms with E-state index in [0.29, 0.717) is 5.56 Å². The molecule has 0 saturated heterocycles. The van der Waals surface area contributed by atoms with Crippen LogP contribution in [0.4, 0.5) is 17.1 Å². The number of hydrogen-bond donors (Lipinski definition) is 1. The van der Waals surface area contributed by atoms with Crippen molar-refractivity contribution in [3.05, 3.63) is 126 Å². The Balaban J connectivity index is 1.60. The second-order valence-corrected chi connectivity index (χ2v) is 6.81. The highest BCUT2D eigenvalue weighted by molar-refractivity contribution is 6.08. The lowest BCUT2D eigenvalue weighted by Crippen LogP contribution is -2.09. The summed E-state index contributed by atoms with van der Waals surface area (Å²) in [5.74, 6) is -0.240. The molecule has 0 unspecified atom stereocenters. The molecule has 0 saturated carbocycles. The molecule has 0 atom stereocenters. The zero-order valence-corrected chi connectivity index (χ0v) is 16.3. The van der Waals surface area contributed by atoms with Crippen LogP contribution in [0.5, 0.6) is 5.75 Å². The third-order valence-electron chi connectivity index (χ3n) is 4.78. The molecule has 3 heteroatoms. The molecule has 3 nitrogen and oxygen atoms in total. The average molecular weight is 391 g/mol. The third kappa shape index (κ3) is 4.31. The van der Waals surface area contributed by atoms with Gasteiger partial charge in [0.2, 0.25) is 0 Å². The molecule has 0 spiro atoms. The number of carbonyl (C=O) groups is 1. The lowest BCUT2D eigenvalue weighted by molar-refractivity contribution is 0.104. The van der Waals surface area contributed by atoms with E-state index in [-0.39, 0.29) is 11.5 Å². The van der Waals surface area contributed by atoms with Gasteiger partial charge in [-0.1, -0.05) is 66.7 Å². The first-order valence-electron chi connectivity index (χ1n) is 9.73. The number of anilines is 3. The molecule has 0 aliphatic rings. The second kappa shape index (κ2) is 8.93. The Kier molecular flexibility index (Phi) is 5.72. The predicted molar refractivity (Wildman–Crippen MR) is 123 cm³/mol. The molecular formula is C27H21NO2. The number of aromatic hydroxyl groups is 1. The van der Waals surface area contributed by atoms with Crippen LogP contribution in [0.2, 0.25) is 0 Å². The molecule has 146 valence electrons. The van der Waals surface area contributed by atoms with Crippen molar-refractivity contribution in [1.29, 1.82) is 0 Å². The fourth-order valence-corrected chi connectivity index (χ4v) is 3.28. The Bertz CT molecular complexity index is 1110. The van der Waals surface area contributed by atoms with Gasteiger partial charge in [-0.2, -0.15) is 0 Å². The highest BCUT2D eigenvalue weighted by Crippen LogP contribution is 2.34. The van der Waals surface area contributed by atoms with Crippen LogP contribution < -0.4 is 4.90 Å². The van der Waals surface area contributed by atoms with E-state index in [1.807, 2.05) is 60.7 Å². The number of phenols is 1. The number of allylic oxidation sites excluding steroid dienone is 1. The second-order valence-electron chi connectivity index (χ2n) is 6.81. The zero-order chi connectivity index (χ0) is 20.8. The quantitative estimate of drug-likeness (QED) is 0.292. The van der Waals surface area contributed by atoms with Gasteiger partial charge in [-0.05, 0) is 60.2 Å². The van der Waals surface area contributed by atoms with Crippen LogP contribution in [0.25, 0.3) is 6.08 Å². The van der Waals surface area contributed by atoms with Gasteiger partial charge in [0.05, 0.1) is 5.56 Å². The SMILES string of the molecule is O=C(C=Cc1ccc(N(c2ccccc2)c2ccccc2)cc1)c1ccccc1O. The first-order valence-corrected chi connectivity index (χ1v) is 9.73. The molecule has 4 aromatic rings. The Morgan fingerprint density at radius 2 is 1.13 bits per heavy atom. The highest BCUT2D eigenvalue weighted by Gasteiger charge is 2.11. The molecule has 0 fully saturated rings. The van der Waals surface area contributed by atoms with Crippen LogP contribution in [0.3, 0.4) is 0 Å². The maximum absolute atomic E-state index is 12.3. The molecule has 0 heterocycles. The molecule has 0 bridgehead atoms. The fraction of sp³-hybridized carbons (Fsp3) is 0. The Morgan fingerprint density at radius 1 is 0.633 bits per heavy atom. The summed E-state index contributed by atoms with van der Waals surface area (Å²) in [6.45, 7) is 0. The number of ketones is 1. The van der Waals surface area contributed by atoms with E-state index in [4.69, 9.17) is 0 Å². The van der Waals surface area contributed by atoms with Gasteiger partial charge in [0.25, 0.3) is 0 Å². The molecular weight excluding hydrogens is 370 g/mol. The van der Waals surface area contributed by atoms with Gasteiger partial charge in [-0.25, -0.2) is 0 Å². The summed E-state index contributed by atoms with van der Waals surface area (Å²) >= 11 is 0. The van der Waals surface area contributed by atoms with Crippen molar-refractivity contribution in [1.82, 2.24) is 0 Å². The minimum Gasteiger partial charge on any atom is -0.507 e. The van der Waals surface area contributed by atoms with Gasteiger partial charge < -0.3 is 10.0 Å². The van der Waals surface area contributed by atoms with Gasteiger partial charge in [0, 0.05) is 17.1 Å². The largest absolute Gasteiger partial charge is 0.507 e. The van der Waals surface area contributed by atoms with Crippen LogP contribution in [-0.4, -0.2) is 10.9 Å². The van der Waals surface area contributed by atoms with E-state index in [1.54, 1.807) is 24.3 Å². The van der Waals surface area contributed by atoms with Gasteiger partial charge in [-0.3, -0.25) is 4.79 Å². The van der Waals surface area contributed by atoms with Crippen molar-refractivity contribution in [2.45, 2.75) is 0 Å². The van der Waals surface area contributed by atoms with E-state index in [0.717, 1.165) is 22.6 Å². The molecule has 1 N–H and O–H groups in total. The first kappa shape index (κ1) is 19.2. The summed E-state index contributed by atoms with van der Waals surface area (Å²) in [5.41, 5.74) is 4.37. The van der Waals surface area contributed by atoms with Gasteiger partial charge in [0.1, 0.15) is 5.75 Å². The van der Waals surface area contributed by atoms with Crippen LogP contribution in [0.15, 0.2) is 115 Å². The van der Waals surface area contributed by atoms with Crippen molar-refractivity contribution in [2.75, 3.05) is 4.90 Å². The summed E-state index contributed by atoms with van der Waals surface area (Å²) in [4.78, 5) is 14.5. The molecule has 0 aliphatic carbocycles. The van der Waals surface area contributed by atoms with Crippen molar-refractivity contribution in [2.24, 2.45) is 0 Å². The minimum absolute atomic E-state index is 0.0103. The van der Waals surface area contributed by atoms with Crippen LogP contribution in [0.1, 0.15) is 15.9 Å². The van der Waals surface area contributed by atoms with Crippen LogP contribution >= 0.6 is 0 Å². The normalized spacial score (nSPS) is 10.8. The maximum Gasteiger partial charge on any atom is 0.189 e. The maximum atomic E-state index is 12.3. The van der Waals surface area contributed by atoms with Crippen LogP contribution in [0, 0.1) is 0 Å².